The van der Waals surface area contributed by atoms with Gasteiger partial charge in [0.2, 0.25) is 0 Å². The molecule has 7 heteroatoms. The molecule has 0 radical (unpaired) electrons. The van der Waals surface area contributed by atoms with Crippen LogP contribution >= 0.6 is 0 Å². The summed E-state index contributed by atoms with van der Waals surface area (Å²) in [6, 6.07) is 16.8. The number of rotatable bonds is 7. The third-order valence-electron chi connectivity index (χ3n) is 5.32. The largest absolute Gasteiger partial charge is 0.744 e. The maximum absolute atomic E-state index is 12.2. The van der Waals surface area contributed by atoms with Crippen LogP contribution in [0.4, 0.5) is 5.69 Å². The highest BCUT2D eigenvalue weighted by molar-refractivity contribution is 7.85. The van der Waals surface area contributed by atoms with E-state index in [4.69, 9.17) is 4.74 Å². The Hall–Kier alpha value is -2.90. The highest BCUT2D eigenvalue weighted by atomic mass is 32.2. The maximum atomic E-state index is 12.2. The molecule has 0 amide bonds. The summed E-state index contributed by atoms with van der Waals surface area (Å²) >= 11 is 0. The van der Waals surface area contributed by atoms with Crippen LogP contribution in [0, 0.1) is 0 Å². The van der Waals surface area contributed by atoms with E-state index in [9.17, 15) is 17.8 Å². The molecule has 0 saturated carbocycles. The minimum atomic E-state index is -4.53. The molecule has 3 aromatic carbocycles. The van der Waals surface area contributed by atoms with Crippen molar-refractivity contribution >= 4 is 32.5 Å². The number of anilines is 1. The van der Waals surface area contributed by atoms with E-state index in [1.54, 1.807) is 36.4 Å². The first-order valence-electron chi connectivity index (χ1n) is 9.64. The SMILES string of the molecule is CCC(C)(C)c1ccc(OC(=O)CNc2cccc3cc(S(=O)(=O)[O-])ccc23)cc1. The van der Waals surface area contributed by atoms with Crippen LogP contribution in [-0.2, 0) is 20.3 Å². The van der Waals surface area contributed by atoms with Gasteiger partial charge in [-0.15, -0.1) is 0 Å². The second-order valence-corrected chi connectivity index (χ2v) is 9.11. The molecule has 0 aliphatic heterocycles. The third kappa shape index (κ3) is 4.98. The van der Waals surface area contributed by atoms with Crippen molar-refractivity contribution in [2.24, 2.45) is 0 Å². The monoisotopic (exact) mass is 426 g/mol. The predicted molar refractivity (Wildman–Crippen MR) is 116 cm³/mol. The van der Waals surface area contributed by atoms with Crippen LogP contribution in [0.5, 0.6) is 5.75 Å². The van der Waals surface area contributed by atoms with E-state index < -0.39 is 16.1 Å². The Kier molecular flexibility index (Phi) is 6.14. The summed E-state index contributed by atoms with van der Waals surface area (Å²) in [6.07, 6.45) is 1.00. The average molecular weight is 427 g/mol. The van der Waals surface area contributed by atoms with Crippen molar-refractivity contribution in [2.45, 2.75) is 37.5 Å². The Balaban J connectivity index is 1.68. The van der Waals surface area contributed by atoms with E-state index in [1.807, 2.05) is 12.1 Å². The molecule has 6 nitrogen and oxygen atoms in total. The van der Waals surface area contributed by atoms with E-state index in [0.29, 0.717) is 22.2 Å². The first kappa shape index (κ1) is 21.8. The number of carbonyl (C=O) groups excluding carboxylic acids is 1. The van der Waals surface area contributed by atoms with Crippen LogP contribution in [-0.4, -0.2) is 25.5 Å². The highest BCUT2D eigenvalue weighted by Crippen LogP contribution is 2.28. The molecular weight excluding hydrogens is 402 g/mol. The molecule has 0 spiro atoms. The Morgan fingerprint density at radius 1 is 1.07 bits per heavy atom. The molecule has 0 aromatic heterocycles. The fraction of sp³-hybridized carbons (Fsp3) is 0.261. The van der Waals surface area contributed by atoms with Crippen molar-refractivity contribution in [1.29, 1.82) is 0 Å². The van der Waals surface area contributed by atoms with Gasteiger partial charge in [-0.1, -0.05) is 51.1 Å². The number of hydrogen-bond donors (Lipinski definition) is 1. The summed E-state index contributed by atoms with van der Waals surface area (Å²) in [6.45, 7) is 6.39. The van der Waals surface area contributed by atoms with Gasteiger partial charge in [0.15, 0.2) is 0 Å². The quantitative estimate of drug-likeness (QED) is 0.341. The number of ether oxygens (including phenoxy) is 1. The van der Waals surface area contributed by atoms with E-state index in [0.717, 1.165) is 6.42 Å². The zero-order valence-corrected chi connectivity index (χ0v) is 18.0. The molecule has 0 bridgehead atoms. The van der Waals surface area contributed by atoms with Gasteiger partial charge in [-0.2, -0.15) is 0 Å². The van der Waals surface area contributed by atoms with Crippen molar-refractivity contribution in [3.05, 3.63) is 66.2 Å². The van der Waals surface area contributed by atoms with E-state index in [1.165, 1.54) is 17.7 Å². The van der Waals surface area contributed by atoms with E-state index >= 15 is 0 Å². The normalized spacial score (nSPS) is 12.0. The number of hydrogen-bond acceptors (Lipinski definition) is 6. The minimum Gasteiger partial charge on any atom is -0.744 e. The predicted octanol–water partition coefficient (Wildman–Crippen LogP) is 4.45. The van der Waals surface area contributed by atoms with Crippen LogP contribution in [0.1, 0.15) is 32.8 Å². The molecule has 0 aliphatic rings. The lowest BCUT2D eigenvalue weighted by Gasteiger charge is -2.23. The number of esters is 1. The minimum absolute atomic E-state index is 0.0593. The van der Waals surface area contributed by atoms with Crippen LogP contribution < -0.4 is 10.1 Å². The maximum Gasteiger partial charge on any atom is 0.330 e. The first-order chi connectivity index (χ1) is 14.1. The molecule has 158 valence electrons. The standard InChI is InChI=1S/C23H25NO5S/c1-4-23(2,3)17-8-10-18(11-9-17)29-22(25)15-24-21-7-5-6-16-14-19(30(26,27)28)12-13-20(16)21/h5-14,24H,4,15H2,1-3H3,(H,26,27,28)/p-1. The Labute approximate surface area is 176 Å². The zero-order chi connectivity index (χ0) is 21.9. The van der Waals surface area contributed by atoms with E-state index in [2.05, 4.69) is 26.1 Å². The molecular formula is C23H24NO5S-. The molecule has 1 N–H and O–H groups in total. The lowest BCUT2D eigenvalue weighted by molar-refractivity contribution is -0.132. The van der Waals surface area contributed by atoms with Crippen molar-refractivity contribution in [1.82, 2.24) is 0 Å². The van der Waals surface area contributed by atoms with Gasteiger partial charge in [-0.05, 0) is 53.1 Å². The third-order valence-corrected chi connectivity index (χ3v) is 6.15. The fourth-order valence-electron chi connectivity index (χ4n) is 3.08. The average Bonchev–Trinajstić information content (AvgIpc) is 2.71. The van der Waals surface area contributed by atoms with Crippen LogP contribution in [0.2, 0.25) is 0 Å². The Bertz CT molecular complexity index is 1170. The molecule has 0 aliphatic carbocycles. The van der Waals surface area contributed by atoms with E-state index in [-0.39, 0.29) is 16.9 Å². The molecule has 3 aromatic rings. The zero-order valence-electron chi connectivity index (χ0n) is 17.1. The molecule has 3 rings (SSSR count). The van der Waals surface area contributed by atoms with Crippen molar-refractivity contribution in [3.8, 4) is 5.75 Å². The number of benzene rings is 3. The summed E-state index contributed by atoms with van der Waals surface area (Å²) in [4.78, 5) is 11.9. The molecule has 0 fully saturated rings. The lowest BCUT2D eigenvalue weighted by Crippen LogP contribution is -2.20. The van der Waals surface area contributed by atoms with Crippen molar-refractivity contribution < 1.29 is 22.5 Å². The Morgan fingerprint density at radius 3 is 2.40 bits per heavy atom. The van der Waals surface area contributed by atoms with Crippen molar-refractivity contribution in [2.75, 3.05) is 11.9 Å². The van der Waals surface area contributed by atoms with Crippen molar-refractivity contribution in [3.63, 3.8) is 0 Å². The number of nitrogens with one attached hydrogen (secondary N) is 1. The summed E-state index contributed by atoms with van der Waals surface area (Å²) in [5.41, 5.74) is 1.88. The molecule has 0 saturated heterocycles. The second kappa shape index (κ2) is 8.45. The lowest BCUT2D eigenvalue weighted by atomic mass is 9.82. The van der Waals surface area contributed by atoms with Gasteiger partial charge in [0.05, 0.1) is 4.90 Å². The summed E-state index contributed by atoms with van der Waals surface area (Å²) in [5, 5.41) is 4.29. The summed E-state index contributed by atoms with van der Waals surface area (Å²) in [7, 11) is -4.53. The van der Waals surface area contributed by atoms with Gasteiger partial charge < -0.3 is 14.6 Å². The highest BCUT2D eigenvalue weighted by Gasteiger charge is 2.18. The molecule has 0 unspecified atom stereocenters. The fourth-order valence-corrected chi connectivity index (χ4v) is 3.59. The van der Waals surface area contributed by atoms with Crippen LogP contribution in [0.3, 0.4) is 0 Å². The van der Waals surface area contributed by atoms with Gasteiger partial charge in [0.25, 0.3) is 0 Å². The van der Waals surface area contributed by atoms with Gasteiger partial charge in [-0.25, -0.2) is 13.2 Å². The topological polar surface area (TPSA) is 95.5 Å². The number of carbonyl (C=O) groups is 1. The molecule has 30 heavy (non-hydrogen) atoms. The van der Waals surface area contributed by atoms with Crippen LogP contribution in [0.15, 0.2) is 65.6 Å². The van der Waals surface area contributed by atoms with Gasteiger partial charge >= 0.3 is 5.97 Å². The molecule has 0 heterocycles. The second-order valence-electron chi connectivity index (χ2n) is 7.73. The van der Waals surface area contributed by atoms with Gasteiger partial charge in [0.1, 0.15) is 22.4 Å². The summed E-state index contributed by atoms with van der Waals surface area (Å²) in [5.74, 6) is 0.0222. The Morgan fingerprint density at radius 2 is 1.77 bits per heavy atom. The first-order valence-corrected chi connectivity index (χ1v) is 11.0. The summed E-state index contributed by atoms with van der Waals surface area (Å²) < 4.78 is 39.0. The number of fused-ring (bicyclic) bond motifs is 1. The van der Waals surface area contributed by atoms with Gasteiger partial charge in [-0.3, -0.25) is 0 Å². The molecule has 0 atom stereocenters. The van der Waals surface area contributed by atoms with Crippen LogP contribution in [0.25, 0.3) is 10.8 Å². The van der Waals surface area contributed by atoms with Gasteiger partial charge in [0, 0.05) is 11.1 Å². The smallest absolute Gasteiger partial charge is 0.330 e.